The van der Waals surface area contributed by atoms with Gasteiger partial charge < -0.3 is 9.32 Å². The van der Waals surface area contributed by atoms with Crippen LogP contribution in [0.25, 0.3) is 54.3 Å². The van der Waals surface area contributed by atoms with Crippen LogP contribution in [0.1, 0.15) is 0 Å². The van der Waals surface area contributed by atoms with E-state index in [-0.39, 0.29) is 0 Å². The Morgan fingerprint density at radius 2 is 0.737 bits per heavy atom. The van der Waals surface area contributed by atoms with Gasteiger partial charge in [-0.05, 0) is 90.1 Å². The van der Waals surface area contributed by atoms with Crippen LogP contribution in [-0.2, 0) is 0 Å². The molecule has 0 spiro atoms. The molecule has 0 N–H and O–H groups in total. The monoisotopic (exact) mass is 743 g/mol. The van der Waals surface area contributed by atoms with Crippen LogP contribution >= 0.6 is 0 Å². The number of hydrogen-bond acceptors (Lipinski definition) is 2. The lowest BCUT2D eigenvalue weighted by Crippen LogP contribution is -2.74. The summed E-state index contributed by atoms with van der Waals surface area (Å²) in [5, 5.41) is 14.9. The van der Waals surface area contributed by atoms with Crippen molar-refractivity contribution >= 4 is 100 Å². The van der Waals surface area contributed by atoms with Gasteiger partial charge in [-0.3, -0.25) is 0 Å². The average molecular weight is 744 g/mol. The highest BCUT2D eigenvalue weighted by atomic mass is 28.3. The summed E-state index contributed by atoms with van der Waals surface area (Å²) in [6.45, 7) is 0. The second-order valence-corrected chi connectivity index (χ2v) is 18.7. The number of nitrogens with zero attached hydrogens (tertiary/aromatic N) is 1. The molecule has 0 aliphatic rings. The fraction of sp³-hybridized carbons (Fsp3) is 0. The average Bonchev–Trinajstić information content (AvgIpc) is 3.67. The van der Waals surface area contributed by atoms with Crippen molar-refractivity contribution in [2.45, 2.75) is 0 Å². The molecule has 0 amide bonds. The van der Waals surface area contributed by atoms with Gasteiger partial charge >= 0.3 is 0 Å². The predicted molar refractivity (Wildman–Crippen MR) is 245 cm³/mol. The van der Waals surface area contributed by atoms with E-state index in [2.05, 4.69) is 229 Å². The summed E-state index contributed by atoms with van der Waals surface area (Å²) in [6, 6.07) is 82.2. The highest BCUT2D eigenvalue weighted by molar-refractivity contribution is 7.19. The van der Waals surface area contributed by atoms with Crippen molar-refractivity contribution in [3.8, 4) is 0 Å². The highest BCUT2D eigenvalue weighted by Crippen LogP contribution is 2.41. The number of fused-ring (bicyclic) bond motifs is 8. The van der Waals surface area contributed by atoms with E-state index >= 15 is 0 Å². The van der Waals surface area contributed by atoms with E-state index < -0.39 is 8.07 Å². The predicted octanol–water partition coefficient (Wildman–Crippen LogP) is 11.9. The summed E-state index contributed by atoms with van der Waals surface area (Å²) in [4.78, 5) is 2.37. The van der Waals surface area contributed by atoms with E-state index in [1.807, 2.05) is 0 Å². The van der Waals surface area contributed by atoms with Gasteiger partial charge in [0.1, 0.15) is 11.2 Å². The van der Waals surface area contributed by atoms with E-state index in [9.17, 15) is 0 Å². The fourth-order valence-corrected chi connectivity index (χ4v) is 13.9. The van der Waals surface area contributed by atoms with Crippen LogP contribution in [0.3, 0.4) is 0 Å². The van der Waals surface area contributed by atoms with Crippen LogP contribution in [0.15, 0.2) is 229 Å². The molecule has 1 aromatic heterocycles. The SMILES string of the molecule is c1ccc([Si](c2ccccc2)(c2ccccc2)c2ccc(N(c3ccc4c(ccc5ccccc54)c3)c3ccc4c(c3)oc3c5ccccc5ccc43)cc2)cc1. The zero-order valence-electron chi connectivity index (χ0n) is 31.2. The molecule has 0 bridgehead atoms. The van der Waals surface area contributed by atoms with Gasteiger partial charge in [-0.15, -0.1) is 0 Å². The Hall–Kier alpha value is -7.20. The highest BCUT2D eigenvalue weighted by Gasteiger charge is 2.41. The molecule has 0 saturated heterocycles. The zero-order chi connectivity index (χ0) is 37.8. The molecule has 57 heavy (non-hydrogen) atoms. The maximum atomic E-state index is 6.74. The van der Waals surface area contributed by atoms with Crippen molar-refractivity contribution in [1.29, 1.82) is 0 Å². The molecule has 0 atom stereocenters. The molecule has 3 heteroatoms. The lowest BCUT2D eigenvalue weighted by Gasteiger charge is -2.35. The Morgan fingerprint density at radius 1 is 0.298 bits per heavy atom. The number of anilines is 3. The van der Waals surface area contributed by atoms with Gasteiger partial charge in [0.05, 0.1) is 0 Å². The summed E-state index contributed by atoms with van der Waals surface area (Å²) >= 11 is 0. The molecule has 268 valence electrons. The molecule has 0 aliphatic heterocycles. The van der Waals surface area contributed by atoms with Gasteiger partial charge in [0.15, 0.2) is 8.07 Å². The largest absolute Gasteiger partial charge is 0.455 e. The van der Waals surface area contributed by atoms with Crippen molar-refractivity contribution in [2.75, 3.05) is 4.90 Å². The lowest BCUT2D eigenvalue weighted by atomic mass is 10.0. The van der Waals surface area contributed by atoms with E-state index in [4.69, 9.17) is 4.42 Å². The molecule has 0 radical (unpaired) electrons. The first-order valence-electron chi connectivity index (χ1n) is 19.6. The van der Waals surface area contributed by atoms with E-state index in [1.54, 1.807) is 0 Å². The standard InChI is InChI=1S/C54H37NOSi/c1-4-16-44(17-5-1)57(45-18-6-2-7-19-45,46-20-8-3-9-21-46)47-31-27-41(28-32-47)55(42-29-34-49-40(36-42)25-24-38-14-10-12-22-48(38)49)43-30-35-51-52-33-26-39-15-11-13-23-50(39)54(52)56-53(51)37-43/h1-37H. The molecule has 11 aromatic rings. The van der Waals surface area contributed by atoms with Crippen molar-refractivity contribution < 1.29 is 4.42 Å². The van der Waals surface area contributed by atoms with Crippen LogP contribution in [0.2, 0.25) is 0 Å². The van der Waals surface area contributed by atoms with Gasteiger partial charge in [0, 0.05) is 39.3 Å². The Balaban J connectivity index is 1.12. The number of furan rings is 1. The van der Waals surface area contributed by atoms with Gasteiger partial charge in [0.25, 0.3) is 0 Å². The molecule has 2 nitrogen and oxygen atoms in total. The molecule has 11 rings (SSSR count). The van der Waals surface area contributed by atoms with Crippen LogP contribution in [-0.4, -0.2) is 8.07 Å². The van der Waals surface area contributed by atoms with Crippen LogP contribution in [0, 0.1) is 0 Å². The first-order chi connectivity index (χ1) is 28.3. The van der Waals surface area contributed by atoms with E-state index in [0.717, 1.165) is 44.4 Å². The van der Waals surface area contributed by atoms with Crippen molar-refractivity contribution in [2.24, 2.45) is 0 Å². The lowest BCUT2D eigenvalue weighted by molar-refractivity contribution is 0.672. The second-order valence-electron chi connectivity index (χ2n) is 14.9. The quantitative estimate of drug-likeness (QED) is 0.0918. The summed E-state index contributed by atoms with van der Waals surface area (Å²) in [6.07, 6.45) is 0. The minimum atomic E-state index is -2.69. The third-order valence-electron chi connectivity index (χ3n) is 11.8. The third-order valence-corrected chi connectivity index (χ3v) is 16.6. The second kappa shape index (κ2) is 13.5. The minimum absolute atomic E-state index is 0.871. The molecular formula is C54H37NOSi. The molecular weight excluding hydrogens is 707 g/mol. The number of benzene rings is 10. The topological polar surface area (TPSA) is 16.4 Å². The molecule has 0 unspecified atom stereocenters. The molecule has 1 heterocycles. The first-order valence-corrected chi connectivity index (χ1v) is 21.6. The molecule has 0 saturated carbocycles. The third kappa shape index (κ3) is 5.39. The summed E-state index contributed by atoms with van der Waals surface area (Å²) in [5.74, 6) is 0. The first kappa shape index (κ1) is 33.2. The summed E-state index contributed by atoms with van der Waals surface area (Å²) in [7, 11) is -2.69. The van der Waals surface area contributed by atoms with Crippen molar-refractivity contribution in [1.82, 2.24) is 0 Å². The van der Waals surface area contributed by atoms with Gasteiger partial charge in [-0.1, -0.05) is 176 Å². The fourth-order valence-electron chi connectivity index (χ4n) is 9.14. The normalized spacial score (nSPS) is 11.9. The zero-order valence-corrected chi connectivity index (χ0v) is 32.2. The van der Waals surface area contributed by atoms with Crippen molar-refractivity contribution in [3.63, 3.8) is 0 Å². The van der Waals surface area contributed by atoms with Gasteiger partial charge in [-0.2, -0.15) is 0 Å². The molecule has 10 aromatic carbocycles. The Kier molecular flexibility index (Phi) is 7.87. The maximum Gasteiger partial charge on any atom is 0.179 e. The molecule has 0 fully saturated rings. The Bertz CT molecular complexity index is 3130. The van der Waals surface area contributed by atoms with Crippen molar-refractivity contribution in [3.05, 3.63) is 224 Å². The maximum absolute atomic E-state index is 6.74. The van der Waals surface area contributed by atoms with E-state index in [0.29, 0.717) is 0 Å². The van der Waals surface area contributed by atoms with Gasteiger partial charge in [-0.25, -0.2) is 0 Å². The molecule has 0 aliphatic carbocycles. The van der Waals surface area contributed by atoms with E-state index in [1.165, 1.54) is 47.7 Å². The Morgan fingerprint density at radius 3 is 1.39 bits per heavy atom. The number of rotatable bonds is 7. The summed E-state index contributed by atoms with van der Waals surface area (Å²) in [5.41, 5.74) is 5.01. The van der Waals surface area contributed by atoms with Crippen LogP contribution in [0.4, 0.5) is 17.1 Å². The minimum Gasteiger partial charge on any atom is -0.455 e. The van der Waals surface area contributed by atoms with Gasteiger partial charge in [0.2, 0.25) is 0 Å². The summed E-state index contributed by atoms with van der Waals surface area (Å²) < 4.78 is 6.74. The smallest absolute Gasteiger partial charge is 0.179 e. The van der Waals surface area contributed by atoms with Crippen LogP contribution in [0.5, 0.6) is 0 Å². The Labute approximate surface area is 332 Å². The van der Waals surface area contributed by atoms with Crippen LogP contribution < -0.4 is 25.6 Å². The number of hydrogen-bond donors (Lipinski definition) is 0.